The van der Waals surface area contributed by atoms with Crippen molar-refractivity contribution in [3.8, 4) is 5.69 Å². The highest BCUT2D eigenvalue weighted by Crippen LogP contribution is 2.25. The van der Waals surface area contributed by atoms with Crippen LogP contribution in [0.15, 0.2) is 41.6 Å². The van der Waals surface area contributed by atoms with Crippen LogP contribution in [0.5, 0.6) is 0 Å². The largest absolute Gasteiger partial charge is 0.325 e. The van der Waals surface area contributed by atoms with E-state index in [1.807, 2.05) is 30.5 Å². The van der Waals surface area contributed by atoms with Crippen molar-refractivity contribution in [1.29, 1.82) is 0 Å². The van der Waals surface area contributed by atoms with Gasteiger partial charge in [-0.15, -0.1) is 10.2 Å². The Morgan fingerprint density at radius 2 is 1.81 bits per heavy atom. The second-order valence-electron chi connectivity index (χ2n) is 6.46. The van der Waals surface area contributed by atoms with E-state index >= 15 is 0 Å². The Morgan fingerprint density at radius 3 is 2.56 bits per heavy atom. The zero-order chi connectivity index (χ0) is 19.6. The number of aryl methyl sites for hydroxylation is 4. The first-order valence-electron chi connectivity index (χ1n) is 8.53. The van der Waals surface area contributed by atoms with Crippen LogP contribution in [0.3, 0.4) is 0 Å². The molecular weight excluding hydrogens is 380 g/mol. The van der Waals surface area contributed by atoms with Crippen LogP contribution in [0.4, 0.5) is 5.69 Å². The lowest BCUT2D eigenvalue weighted by Gasteiger charge is -2.12. The van der Waals surface area contributed by atoms with Crippen LogP contribution in [0.2, 0.25) is 5.02 Å². The Labute approximate surface area is 168 Å². The Balaban J connectivity index is 1.74. The monoisotopic (exact) mass is 400 g/mol. The van der Waals surface area contributed by atoms with Crippen molar-refractivity contribution in [3.63, 3.8) is 0 Å². The first-order valence-corrected chi connectivity index (χ1v) is 9.90. The van der Waals surface area contributed by atoms with Crippen LogP contribution in [-0.4, -0.2) is 26.4 Å². The molecule has 1 N–H and O–H groups in total. The molecule has 0 atom stereocenters. The molecular formula is C20H21ClN4OS. The number of hydrogen-bond donors (Lipinski definition) is 1. The van der Waals surface area contributed by atoms with E-state index in [2.05, 4.69) is 47.6 Å². The number of carbonyl (C=O) groups is 1. The fraction of sp³-hybridized carbons (Fsp3) is 0.250. The summed E-state index contributed by atoms with van der Waals surface area (Å²) < 4.78 is 1.99. The third kappa shape index (κ3) is 4.51. The van der Waals surface area contributed by atoms with E-state index in [4.69, 9.17) is 11.6 Å². The lowest BCUT2D eigenvalue weighted by atomic mass is 10.1. The van der Waals surface area contributed by atoms with Crippen molar-refractivity contribution in [1.82, 2.24) is 14.8 Å². The van der Waals surface area contributed by atoms with Crippen molar-refractivity contribution < 1.29 is 4.79 Å². The minimum Gasteiger partial charge on any atom is -0.325 e. The zero-order valence-electron chi connectivity index (χ0n) is 15.7. The molecule has 0 aliphatic carbocycles. The van der Waals surface area contributed by atoms with Gasteiger partial charge < -0.3 is 5.32 Å². The summed E-state index contributed by atoms with van der Waals surface area (Å²) in [6, 6.07) is 11.7. The lowest BCUT2D eigenvalue weighted by molar-refractivity contribution is -0.113. The molecule has 0 bridgehead atoms. The number of anilines is 1. The van der Waals surface area contributed by atoms with Gasteiger partial charge in [-0.25, -0.2) is 0 Å². The molecule has 2 aromatic carbocycles. The quantitative estimate of drug-likeness (QED) is 0.619. The summed E-state index contributed by atoms with van der Waals surface area (Å²) in [5.41, 5.74) is 4.98. The van der Waals surface area contributed by atoms with Crippen LogP contribution >= 0.6 is 23.4 Å². The molecule has 0 fully saturated rings. The highest BCUT2D eigenvalue weighted by atomic mass is 35.5. The number of benzene rings is 2. The first kappa shape index (κ1) is 19.5. The van der Waals surface area contributed by atoms with Crippen LogP contribution in [0, 0.1) is 27.7 Å². The Kier molecular flexibility index (Phi) is 5.87. The summed E-state index contributed by atoms with van der Waals surface area (Å²) in [7, 11) is 0. The van der Waals surface area contributed by atoms with Crippen LogP contribution in [-0.2, 0) is 4.79 Å². The maximum atomic E-state index is 12.3. The third-order valence-electron chi connectivity index (χ3n) is 4.19. The van der Waals surface area contributed by atoms with Gasteiger partial charge in [-0.05, 0) is 62.6 Å². The number of hydrogen-bond acceptors (Lipinski definition) is 4. The van der Waals surface area contributed by atoms with Crippen molar-refractivity contribution in [2.75, 3.05) is 11.1 Å². The van der Waals surface area contributed by atoms with Gasteiger partial charge in [-0.3, -0.25) is 9.36 Å². The van der Waals surface area contributed by atoms with Crippen molar-refractivity contribution in [3.05, 3.63) is 63.9 Å². The fourth-order valence-corrected chi connectivity index (χ4v) is 3.64. The molecule has 5 nitrogen and oxygen atoms in total. The molecule has 0 radical (unpaired) electrons. The Bertz CT molecular complexity index is 1000. The molecule has 7 heteroatoms. The molecule has 0 saturated heterocycles. The number of thioether (sulfide) groups is 1. The molecule has 0 aliphatic heterocycles. The Hall–Kier alpha value is -2.31. The average Bonchev–Trinajstić information content (AvgIpc) is 2.99. The van der Waals surface area contributed by atoms with Gasteiger partial charge in [0.1, 0.15) is 5.82 Å². The third-order valence-corrected chi connectivity index (χ3v) is 5.52. The van der Waals surface area contributed by atoms with E-state index in [0.717, 1.165) is 28.2 Å². The maximum absolute atomic E-state index is 12.3. The highest BCUT2D eigenvalue weighted by Gasteiger charge is 2.15. The fourth-order valence-electron chi connectivity index (χ4n) is 2.67. The van der Waals surface area contributed by atoms with Crippen LogP contribution in [0.25, 0.3) is 5.69 Å². The molecule has 1 aromatic heterocycles. The average molecular weight is 401 g/mol. The predicted octanol–water partition coefficient (Wildman–Crippen LogP) is 4.89. The van der Waals surface area contributed by atoms with E-state index in [0.29, 0.717) is 15.9 Å². The first-order chi connectivity index (χ1) is 12.8. The van der Waals surface area contributed by atoms with Gasteiger partial charge in [0.2, 0.25) is 5.91 Å². The SMILES string of the molecule is Cc1ccc(C)c(-n2c(C)nnc2SCC(=O)Nc2ccc(C)c(Cl)c2)c1. The summed E-state index contributed by atoms with van der Waals surface area (Å²) in [6.07, 6.45) is 0. The molecule has 0 saturated carbocycles. The summed E-state index contributed by atoms with van der Waals surface area (Å²) >= 11 is 7.47. The van der Waals surface area contributed by atoms with Gasteiger partial charge in [0.05, 0.1) is 11.4 Å². The van der Waals surface area contributed by atoms with E-state index in [9.17, 15) is 4.79 Å². The summed E-state index contributed by atoms with van der Waals surface area (Å²) in [6.45, 7) is 7.94. The minimum atomic E-state index is -0.118. The molecule has 27 heavy (non-hydrogen) atoms. The standard InChI is InChI=1S/C20H21ClN4OS/c1-12-5-6-14(3)18(9-12)25-15(4)23-24-20(25)27-11-19(26)22-16-8-7-13(2)17(21)10-16/h5-10H,11H2,1-4H3,(H,22,26). The zero-order valence-corrected chi connectivity index (χ0v) is 17.3. The van der Waals surface area contributed by atoms with E-state index in [1.165, 1.54) is 11.8 Å². The van der Waals surface area contributed by atoms with Gasteiger partial charge in [0, 0.05) is 10.7 Å². The smallest absolute Gasteiger partial charge is 0.234 e. The molecule has 1 heterocycles. The topological polar surface area (TPSA) is 59.8 Å². The van der Waals surface area contributed by atoms with E-state index in [-0.39, 0.29) is 11.7 Å². The summed E-state index contributed by atoms with van der Waals surface area (Å²) in [5.74, 6) is 0.902. The number of carbonyl (C=O) groups excluding carboxylic acids is 1. The normalized spacial score (nSPS) is 10.9. The van der Waals surface area contributed by atoms with E-state index in [1.54, 1.807) is 6.07 Å². The molecule has 0 unspecified atom stereocenters. The van der Waals surface area contributed by atoms with Crippen molar-refractivity contribution >= 4 is 35.0 Å². The van der Waals surface area contributed by atoms with Gasteiger partial charge in [0.15, 0.2) is 5.16 Å². The van der Waals surface area contributed by atoms with Crippen LogP contribution < -0.4 is 5.32 Å². The molecule has 3 aromatic rings. The lowest BCUT2D eigenvalue weighted by Crippen LogP contribution is -2.14. The minimum absolute atomic E-state index is 0.118. The maximum Gasteiger partial charge on any atom is 0.234 e. The molecule has 0 spiro atoms. The number of halogens is 1. The van der Waals surface area contributed by atoms with Crippen molar-refractivity contribution in [2.24, 2.45) is 0 Å². The molecule has 140 valence electrons. The molecule has 3 rings (SSSR count). The van der Waals surface area contributed by atoms with Gasteiger partial charge in [-0.1, -0.05) is 41.6 Å². The Morgan fingerprint density at radius 1 is 1.07 bits per heavy atom. The predicted molar refractivity (Wildman–Crippen MR) is 111 cm³/mol. The van der Waals surface area contributed by atoms with Crippen LogP contribution in [0.1, 0.15) is 22.5 Å². The van der Waals surface area contributed by atoms with Crippen molar-refractivity contribution in [2.45, 2.75) is 32.9 Å². The van der Waals surface area contributed by atoms with E-state index < -0.39 is 0 Å². The molecule has 0 aliphatic rings. The summed E-state index contributed by atoms with van der Waals surface area (Å²) in [5, 5.41) is 12.6. The number of nitrogens with one attached hydrogen (secondary N) is 1. The number of rotatable bonds is 5. The molecule has 1 amide bonds. The van der Waals surface area contributed by atoms with Gasteiger partial charge in [0.25, 0.3) is 0 Å². The second-order valence-corrected chi connectivity index (χ2v) is 7.81. The number of nitrogens with zero attached hydrogens (tertiary/aromatic N) is 3. The highest BCUT2D eigenvalue weighted by molar-refractivity contribution is 7.99. The number of aromatic nitrogens is 3. The second kappa shape index (κ2) is 8.15. The van der Waals surface area contributed by atoms with Gasteiger partial charge in [-0.2, -0.15) is 0 Å². The van der Waals surface area contributed by atoms with Gasteiger partial charge >= 0.3 is 0 Å². The summed E-state index contributed by atoms with van der Waals surface area (Å²) in [4.78, 5) is 12.3. The number of amides is 1.